The van der Waals surface area contributed by atoms with E-state index in [2.05, 4.69) is 36.2 Å². The first-order valence-electron chi connectivity index (χ1n) is 8.38. The number of hydrogen-bond acceptors (Lipinski definition) is 4. The maximum absolute atomic E-state index is 5.77. The Balaban J connectivity index is 1.73. The fraction of sp³-hybridized carbons (Fsp3) is 0.706. The van der Waals surface area contributed by atoms with Crippen LogP contribution in [0.1, 0.15) is 44.4 Å². The molecule has 0 radical (unpaired) electrons. The number of pyridine rings is 1. The van der Waals surface area contributed by atoms with E-state index in [9.17, 15) is 0 Å². The van der Waals surface area contributed by atoms with Gasteiger partial charge in [0, 0.05) is 31.4 Å². The van der Waals surface area contributed by atoms with Crippen LogP contribution in [-0.4, -0.2) is 36.8 Å². The molecule has 0 aromatic carbocycles. The number of anilines is 1. The van der Waals surface area contributed by atoms with E-state index in [4.69, 9.17) is 9.72 Å². The van der Waals surface area contributed by atoms with E-state index in [-0.39, 0.29) is 0 Å². The van der Waals surface area contributed by atoms with E-state index >= 15 is 0 Å². The van der Waals surface area contributed by atoms with Crippen molar-refractivity contribution in [2.75, 3.05) is 24.6 Å². The number of hydrogen-bond donors (Lipinski definition) is 1. The van der Waals surface area contributed by atoms with E-state index in [1.165, 1.54) is 24.1 Å². The Morgan fingerprint density at radius 2 is 2.19 bits per heavy atom. The molecule has 2 heterocycles. The van der Waals surface area contributed by atoms with Crippen LogP contribution >= 0.6 is 0 Å². The largest absolute Gasteiger partial charge is 0.375 e. The molecule has 1 saturated carbocycles. The molecule has 1 aliphatic carbocycles. The summed E-state index contributed by atoms with van der Waals surface area (Å²) in [6.45, 7) is 8.06. The zero-order valence-corrected chi connectivity index (χ0v) is 13.3. The summed E-state index contributed by atoms with van der Waals surface area (Å²) in [7, 11) is 0. The fourth-order valence-electron chi connectivity index (χ4n) is 2.80. The van der Waals surface area contributed by atoms with Crippen LogP contribution in [0, 0.1) is 0 Å². The highest BCUT2D eigenvalue weighted by molar-refractivity contribution is 5.43. The summed E-state index contributed by atoms with van der Waals surface area (Å²) in [5.41, 5.74) is 2.56. The zero-order valence-electron chi connectivity index (χ0n) is 13.3. The number of nitrogens with one attached hydrogen (secondary N) is 1. The minimum Gasteiger partial charge on any atom is -0.375 e. The van der Waals surface area contributed by atoms with Crippen LogP contribution in [0.4, 0.5) is 5.82 Å². The van der Waals surface area contributed by atoms with Gasteiger partial charge in [0.05, 0.1) is 12.7 Å². The monoisotopic (exact) mass is 289 g/mol. The van der Waals surface area contributed by atoms with Crippen LogP contribution in [0.3, 0.4) is 0 Å². The summed E-state index contributed by atoms with van der Waals surface area (Å²) >= 11 is 0. The lowest BCUT2D eigenvalue weighted by atomic mass is 10.1. The van der Waals surface area contributed by atoms with Crippen molar-refractivity contribution in [2.45, 2.75) is 58.2 Å². The summed E-state index contributed by atoms with van der Waals surface area (Å²) in [5.74, 6) is 1.13. The molecule has 0 spiro atoms. The maximum atomic E-state index is 5.77. The predicted molar refractivity (Wildman–Crippen MR) is 85.7 cm³/mol. The number of aromatic nitrogens is 1. The van der Waals surface area contributed by atoms with Gasteiger partial charge in [-0.2, -0.15) is 0 Å². The van der Waals surface area contributed by atoms with Crippen molar-refractivity contribution in [3.05, 3.63) is 23.4 Å². The SMILES string of the molecule is CCc1cc(CNC2CC2)cc(N2CCOC(CC)C2)n1. The van der Waals surface area contributed by atoms with Crippen LogP contribution in [0.15, 0.2) is 12.1 Å². The summed E-state index contributed by atoms with van der Waals surface area (Å²) in [6, 6.07) is 5.25. The van der Waals surface area contributed by atoms with Gasteiger partial charge >= 0.3 is 0 Å². The van der Waals surface area contributed by atoms with Gasteiger partial charge in [0.25, 0.3) is 0 Å². The first-order valence-corrected chi connectivity index (χ1v) is 8.38. The van der Waals surface area contributed by atoms with Gasteiger partial charge in [0.1, 0.15) is 5.82 Å². The zero-order chi connectivity index (χ0) is 14.7. The van der Waals surface area contributed by atoms with Gasteiger partial charge in [0.15, 0.2) is 0 Å². The van der Waals surface area contributed by atoms with Crippen molar-refractivity contribution in [3.8, 4) is 0 Å². The molecule has 2 aliphatic rings. The molecule has 1 aromatic heterocycles. The van der Waals surface area contributed by atoms with Gasteiger partial charge in [-0.25, -0.2) is 4.98 Å². The van der Waals surface area contributed by atoms with Gasteiger partial charge in [0.2, 0.25) is 0 Å². The maximum Gasteiger partial charge on any atom is 0.129 e. The Kier molecular flexibility index (Phi) is 4.76. The molecule has 1 N–H and O–H groups in total. The van der Waals surface area contributed by atoms with Crippen molar-refractivity contribution in [2.24, 2.45) is 0 Å². The van der Waals surface area contributed by atoms with Crippen LogP contribution in [0.2, 0.25) is 0 Å². The summed E-state index contributed by atoms with van der Waals surface area (Å²) in [4.78, 5) is 7.22. The third kappa shape index (κ3) is 3.95. The quantitative estimate of drug-likeness (QED) is 0.873. The molecular weight excluding hydrogens is 262 g/mol. The molecular formula is C17H27N3O. The Labute approximate surface area is 127 Å². The van der Waals surface area contributed by atoms with Crippen molar-refractivity contribution in [1.82, 2.24) is 10.3 Å². The molecule has 0 bridgehead atoms. The minimum atomic E-state index is 0.346. The van der Waals surface area contributed by atoms with Crippen LogP contribution in [0.25, 0.3) is 0 Å². The molecule has 1 saturated heterocycles. The van der Waals surface area contributed by atoms with E-state index in [0.29, 0.717) is 6.10 Å². The average Bonchev–Trinajstić information content (AvgIpc) is 3.37. The van der Waals surface area contributed by atoms with E-state index in [1.54, 1.807) is 0 Å². The molecule has 0 amide bonds. The molecule has 1 aliphatic heterocycles. The Hall–Kier alpha value is -1.13. The molecule has 116 valence electrons. The molecule has 3 rings (SSSR count). The van der Waals surface area contributed by atoms with Crippen molar-refractivity contribution >= 4 is 5.82 Å². The lowest BCUT2D eigenvalue weighted by molar-refractivity contribution is 0.0381. The highest BCUT2D eigenvalue weighted by Crippen LogP contribution is 2.22. The lowest BCUT2D eigenvalue weighted by Crippen LogP contribution is -2.42. The second-order valence-corrected chi connectivity index (χ2v) is 6.18. The first kappa shape index (κ1) is 14.8. The molecule has 4 heteroatoms. The predicted octanol–water partition coefficient (Wildman–Crippen LogP) is 2.51. The lowest BCUT2D eigenvalue weighted by Gasteiger charge is -2.33. The van der Waals surface area contributed by atoms with Gasteiger partial charge in [-0.3, -0.25) is 0 Å². The van der Waals surface area contributed by atoms with E-state index in [0.717, 1.165) is 50.9 Å². The number of nitrogens with zero attached hydrogens (tertiary/aromatic N) is 2. The molecule has 1 aromatic rings. The number of aryl methyl sites for hydroxylation is 1. The molecule has 2 fully saturated rings. The number of ether oxygens (including phenoxy) is 1. The van der Waals surface area contributed by atoms with Gasteiger partial charge in [-0.1, -0.05) is 13.8 Å². The molecule has 21 heavy (non-hydrogen) atoms. The van der Waals surface area contributed by atoms with Gasteiger partial charge in [-0.15, -0.1) is 0 Å². The van der Waals surface area contributed by atoms with Crippen molar-refractivity contribution in [3.63, 3.8) is 0 Å². The molecule has 1 unspecified atom stereocenters. The number of morpholine rings is 1. The Bertz CT molecular complexity index is 473. The first-order chi connectivity index (χ1) is 10.3. The van der Waals surface area contributed by atoms with E-state index < -0.39 is 0 Å². The van der Waals surface area contributed by atoms with Gasteiger partial charge in [-0.05, 0) is 43.4 Å². The molecule has 4 nitrogen and oxygen atoms in total. The third-order valence-electron chi connectivity index (χ3n) is 4.38. The summed E-state index contributed by atoms with van der Waals surface area (Å²) < 4.78 is 5.77. The average molecular weight is 289 g/mol. The smallest absolute Gasteiger partial charge is 0.129 e. The standard InChI is InChI=1S/C17H27N3O/c1-3-14-9-13(11-18-15-5-6-15)10-17(19-14)20-7-8-21-16(4-2)12-20/h9-10,15-16,18H,3-8,11-12H2,1-2H3. The molecule has 1 atom stereocenters. The normalized spacial score (nSPS) is 22.6. The second-order valence-electron chi connectivity index (χ2n) is 6.18. The number of rotatable bonds is 6. The fourth-order valence-corrected chi connectivity index (χ4v) is 2.80. The van der Waals surface area contributed by atoms with Crippen LogP contribution < -0.4 is 10.2 Å². The van der Waals surface area contributed by atoms with Gasteiger partial charge < -0.3 is 15.0 Å². The van der Waals surface area contributed by atoms with Crippen LogP contribution in [0.5, 0.6) is 0 Å². The Morgan fingerprint density at radius 1 is 1.33 bits per heavy atom. The van der Waals surface area contributed by atoms with Crippen LogP contribution in [-0.2, 0) is 17.7 Å². The highest BCUT2D eigenvalue weighted by atomic mass is 16.5. The second kappa shape index (κ2) is 6.75. The van der Waals surface area contributed by atoms with Crippen molar-refractivity contribution in [1.29, 1.82) is 0 Å². The summed E-state index contributed by atoms with van der Waals surface area (Å²) in [6.07, 6.45) is 5.07. The van der Waals surface area contributed by atoms with Crippen molar-refractivity contribution < 1.29 is 4.74 Å². The third-order valence-corrected chi connectivity index (χ3v) is 4.38. The highest BCUT2D eigenvalue weighted by Gasteiger charge is 2.22. The Morgan fingerprint density at radius 3 is 2.90 bits per heavy atom. The van der Waals surface area contributed by atoms with E-state index in [1.807, 2.05) is 0 Å². The topological polar surface area (TPSA) is 37.4 Å². The summed E-state index contributed by atoms with van der Waals surface area (Å²) in [5, 5.41) is 3.60. The minimum absolute atomic E-state index is 0.346.